The lowest BCUT2D eigenvalue weighted by atomic mass is 9.83. The third-order valence-electron chi connectivity index (χ3n) is 5.02. The Morgan fingerprint density at radius 1 is 0.639 bits per heavy atom. The monoisotopic (exact) mass is 526 g/mol. The van der Waals surface area contributed by atoms with Crippen LogP contribution >= 0.6 is 0 Å². The number of hydrogen-bond donors (Lipinski definition) is 4. The van der Waals surface area contributed by atoms with E-state index < -0.39 is 86.3 Å². The van der Waals surface area contributed by atoms with Crippen LogP contribution in [0.5, 0.6) is 17.2 Å². The van der Waals surface area contributed by atoms with Crippen LogP contribution in [0.25, 0.3) is 22.3 Å². The number of halogens is 9. The molecule has 0 saturated carbocycles. The molecular formula is C22H11F9O5. The lowest BCUT2D eigenvalue weighted by molar-refractivity contribution is -0.174. The van der Waals surface area contributed by atoms with E-state index in [2.05, 4.69) is 0 Å². The summed E-state index contributed by atoms with van der Waals surface area (Å²) in [5.74, 6) is -6.96. The molecule has 3 rings (SSSR count). The van der Waals surface area contributed by atoms with Crippen LogP contribution in [0.15, 0.2) is 42.5 Å². The standard InChI is InChI=1S/C22H11F9O5/c23-20(24,25)14-9(8-4-2-1-3-5-8)6-10(15(21(26,27)28)16(14)22(29,30)31)13-11(19(35)36)7-12(32)17(33)18(13)34/h1-7,32-34H,(H,35,36). The van der Waals surface area contributed by atoms with E-state index in [9.17, 15) is 64.7 Å². The van der Waals surface area contributed by atoms with Gasteiger partial charge in [-0.1, -0.05) is 30.3 Å². The molecule has 5 nitrogen and oxygen atoms in total. The fourth-order valence-electron chi connectivity index (χ4n) is 3.68. The second-order valence-electron chi connectivity index (χ2n) is 7.28. The van der Waals surface area contributed by atoms with Crippen molar-refractivity contribution >= 4 is 5.97 Å². The SMILES string of the molecule is O=C(O)c1cc(O)c(O)c(O)c1-c1cc(-c2ccccc2)c(C(F)(F)F)c(C(F)(F)F)c1C(F)(F)F. The second kappa shape index (κ2) is 8.53. The van der Waals surface area contributed by atoms with E-state index in [1.165, 1.54) is 6.07 Å². The van der Waals surface area contributed by atoms with Crippen molar-refractivity contribution in [2.45, 2.75) is 18.5 Å². The summed E-state index contributed by atoms with van der Waals surface area (Å²) in [6.45, 7) is 0. The van der Waals surface area contributed by atoms with Gasteiger partial charge in [-0.25, -0.2) is 4.79 Å². The maximum atomic E-state index is 14.1. The third-order valence-corrected chi connectivity index (χ3v) is 5.02. The summed E-state index contributed by atoms with van der Waals surface area (Å²) in [4.78, 5) is 11.6. The Morgan fingerprint density at radius 2 is 1.11 bits per heavy atom. The molecule has 3 aromatic rings. The van der Waals surface area contributed by atoms with Gasteiger partial charge in [-0.15, -0.1) is 0 Å². The summed E-state index contributed by atoms with van der Waals surface area (Å²) in [6.07, 6.45) is -18.4. The molecule has 0 spiro atoms. The molecule has 0 aliphatic heterocycles. The molecule has 36 heavy (non-hydrogen) atoms. The number of benzene rings is 3. The minimum atomic E-state index is -6.28. The topological polar surface area (TPSA) is 98.0 Å². The van der Waals surface area contributed by atoms with Gasteiger partial charge in [0.15, 0.2) is 11.5 Å². The quantitative estimate of drug-likeness (QED) is 0.220. The van der Waals surface area contributed by atoms with E-state index in [1.54, 1.807) is 0 Å². The molecule has 0 aliphatic rings. The number of phenols is 3. The van der Waals surface area contributed by atoms with Crippen molar-refractivity contribution in [3.05, 3.63) is 64.7 Å². The summed E-state index contributed by atoms with van der Waals surface area (Å²) in [5.41, 5.74) is -15.7. The van der Waals surface area contributed by atoms with Gasteiger partial charge in [0, 0.05) is 5.56 Å². The van der Waals surface area contributed by atoms with Gasteiger partial charge in [0.1, 0.15) is 0 Å². The molecule has 0 radical (unpaired) electrons. The summed E-state index contributed by atoms with van der Waals surface area (Å²) in [6, 6.07) is 5.30. The smallest absolute Gasteiger partial charge is 0.417 e. The van der Waals surface area contributed by atoms with Crippen LogP contribution in [0.1, 0.15) is 27.0 Å². The van der Waals surface area contributed by atoms with E-state index in [-0.39, 0.29) is 12.1 Å². The zero-order valence-electron chi connectivity index (χ0n) is 17.1. The molecule has 0 atom stereocenters. The summed E-state index contributed by atoms with van der Waals surface area (Å²) >= 11 is 0. The number of carboxylic acids is 1. The normalized spacial score (nSPS) is 12.6. The van der Waals surface area contributed by atoms with E-state index in [1.807, 2.05) is 0 Å². The number of carbonyl (C=O) groups is 1. The Balaban J connectivity index is 2.77. The maximum Gasteiger partial charge on any atom is 0.417 e. The molecule has 0 heterocycles. The molecule has 0 amide bonds. The third kappa shape index (κ3) is 4.57. The first-order valence-corrected chi connectivity index (χ1v) is 9.36. The molecule has 0 unspecified atom stereocenters. The highest BCUT2D eigenvalue weighted by Gasteiger charge is 2.53. The largest absolute Gasteiger partial charge is 0.504 e. The first-order valence-electron chi connectivity index (χ1n) is 9.36. The van der Waals surface area contributed by atoms with Crippen molar-refractivity contribution in [1.82, 2.24) is 0 Å². The van der Waals surface area contributed by atoms with Crippen molar-refractivity contribution in [3.8, 4) is 39.5 Å². The molecular weight excluding hydrogens is 515 g/mol. The van der Waals surface area contributed by atoms with Crippen molar-refractivity contribution in [3.63, 3.8) is 0 Å². The van der Waals surface area contributed by atoms with Crippen LogP contribution in [-0.2, 0) is 18.5 Å². The van der Waals surface area contributed by atoms with Gasteiger partial charge in [0.2, 0.25) is 5.75 Å². The number of aromatic hydroxyl groups is 3. The van der Waals surface area contributed by atoms with Gasteiger partial charge in [-0.3, -0.25) is 0 Å². The highest BCUT2D eigenvalue weighted by Crippen LogP contribution is 2.56. The lowest BCUT2D eigenvalue weighted by Gasteiger charge is -2.27. The first-order chi connectivity index (χ1) is 16.4. The average molecular weight is 526 g/mol. The fraction of sp³-hybridized carbons (Fsp3) is 0.136. The predicted molar refractivity (Wildman–Crippen MR) is 104 cm³/mol. The highest BCUT2D eigenvalue weighted by atomic mass is 19.4. The van der Waals surface area contributed by atoms with E-state index >= 15 is 0 Å². The van der Waals surface area contributed by atoms with Gasteiger partial charge < -0.3 is 20.4 Å². The zero-order chi connectivity index (χ0) is 27.4. The maximum absolute atomic E-state index is 14.1. The van der Waals surface area contributed by atoms with Gasteiger partial charge in [-0.2, -0.15) is 39.5 Å². The van der Waals surface area contributed by atoms with Crippen LogP contribution < -0.4 is 0 Å². The van der Waals surface area contributed by atoms with Crippen molar-refractivity contribution < 1.29 is 64.7 Å². The number of alkyl halides is 9. The first kappa shape index (κ1) is 26.5. The van der Waals surface area contributed by atoms with Gasteiger partial charge in [0.25, 0.3) is 0 Å². The molecule has 0 bridgehead atoms. The molecule has 0 fully saturated rings. The number of phenolic OH excluding ortho intramolecular Hbond substituents is 3. The van der Waals surface area contributed by atoms with E-state index in [4.69, 9.17) is 0 Å². The Kier molecular flexibility index (Phi) is 6.28. The minimum absolute atomic E-state index is 0.00575. The van der Waals surface area contributed by atoms with Crippen LogP contribution in [0.3, 0.4) is 0 Å². The summed E-state index contributed by atoms with van der Waals surface area (Å²) < 4.78 is 126. The zero-order valence-corrected chi connectivity index (χ0v) is 17.1. The van der Waals surface area contributed by atoms with Crippen LogP contribution in [-0.4, -0.2) is 26.4 Å². The molecule has 0 saturated heterocycles. The molecule has 0 aliphatic carbocycles. The van der Waals surface area contributed by atoms with Crippen LogP contribution in [0.2, 0.25) is 0 Å². The van der Waals surface area contributed by atoms with Crippen LogP contribution in [0, 0.1) is 0 Å². The summed E-state index contributed by atoms with van der Waals surface area (Å²) in [5, 5.41) is 38.9. The van der Waals surface area contributed by atoms with Crippen LogP contribution in [0.4, 0.5) is 39.5 Å². The second-order valence-corrected chi connectivity index (χ2v) is 7.28. The molecule has 14 heteroatoms. The van der Waals surface area contributed by atoms with Gasteiger partial charge >= 0.3 is 24.5 Å². The van der Waals surface area contributed by atoms with E-state index in [0.717, 1.165) is 24.3 Å². The average Bonchev–Trinajstić information content (AvgIpc) is 2.74. The van der Waals surface area contributed by atoms with Crippen molar-refractivity contribution in [1.29, 1.82) is 0 Å². The minimum Gasteiger partial charge on any atom is -0.504 e. The predicted octanol–water partition coefficient (Wildman–Crippen LogP) is 6.89. The van der Waals surface area contributed by atoms with Crippen molar-refractivity contribution in [2.75, 3.05) is 0 Å². The Labute approximate surface area is 194 Å². The molecule has 0 aromatic heterocycles. The highest BCUT2D eigenvalue weighted by molar-refractivity contribution is 6.01. The lowest BCUT2D eigenvalue weighted by Crippen LogP contribution is -2.25. The Bertz CT molecular complexity index is 1340. The number of hydrogen-bond acceptors (Lipinski definition) is 4. The Morgan fingerprint density at radius 3 is 1.56 bits per heavy atom. The van der Waals surface area contributed by atoms with Gasteiger partial charge in [0.05, 0.1) is 22.3 Å². The molecule has 4 N–H and O–H groups in total. The number of carboxylic acid groups (broad SMARTS) is 1. The summed E-state index contributed by atoms with van der Waals surface area (Å²) in [7, 11) is 0. The van der Waals surface area contributed by atoms with Gasteiger partial charge in [-0.05, 0) is 28.8 Å². The molecule has 3 aromatic carbocycles. The number of aromatic carboxylic acids is 1. The van der Waals surface area contributed by atoms with Crippen molar-refractivity contribution in [2.24, 2.45) is 0 Å². The molecule has 192 valence electrons. The fourth-order valence-corrected chi connectivity index (χ4v) is 3.68. The Hall–Kier alpha value is -4.10. The number of rotatable bonds is 3. The van der Waals surface area contributed by atoms with E-state index in [0.29, 0.717) is 0 Å².